The summed E-state index contributed by atoms with van der Waals surface area (Å²) in [5.41, 5.74) is 7.10. The zero-order valence-corrected chi connectivity index (χ0v) is 9.93. The van der Waals surface area contributed by atoms with E-state index in [1.807, 2.05) is 0 Å². The molecule has 0 bridgehead atoms. The van der Waals surface area contributed by atoms with E-state index in [9.17, 15) is 0 Å². The Morgan fingerprint density at radius 2 is 2.47 bits per heavy atom. The molecule has 2 heterocycles. The highest BCUT2D eigenvalue weighted by Gasteiger charge is 2.28. The van der Waals surface area contributed by atoms with E-state index in [0.717, 1.165) is 18.7 Å². The number of rotatable bonds is 4. The molecule has 2 atom stereocenters. The SMILES string of the molecule is CCCCc1nc(C2COCC2N)cs1. The topological polar surface area (TPSA) is 48.1 Å². The molecule has 0 amide bonds. The molecule has 1 aromatic heterocycles. The zero-order valence-electron chi connectivity index (χ0n) is 9.11. The van der Waals surface area contributed by atoms with Crippen LogP contribution in [0.15, 0.2) is 5.38 Å². The van der Waals surface area contributed by atoms with Crippen molar-refractivity contribution in [2.45, 2.75) is 38.1 Å². The van der Waals surface area contributed by atoms with Crippen LogP contribution < -0.4 is 5.73 Å². The molecule has 0 aromatic carbocycles. The van der Waals surface area contributed by atoms with E-state index in [-0.39, 0.29) is 6.04 Å². The normalized spacial score (nSPS) is 26.0. The number of ether oxygens (including phenoxy) is 1. The van der Waals surface area contributed by atoms with Crippen molar-refractivity contribution in [3.8, 4) is 0 Å². The van der Waals surface area contributed by atoms with Gasteiger partial charge in [-0.1, -0.05) is 13.3 Å². The van der Waals surface area contributed by atoms with Crippen LogP contribution in [0.4, 0.5) is 0 Å². The summed E-state index contributed by atoms with van der Waals surface area (Å²) >= 11 is 1.76. The van der Waals surface area contributed by atoms with E-state index in [1.165, 1.54) is 17.8 Å². The highest BCUT2D eigenvalue weighted by atomic mass is 32.1. The number of thiazole rings is 1. The van der Waals surface area contributed by atoms with Crippen LogP contribution in [-0.2, 0) is 11.2 Å². The highest BCUT2D eigenvalue weighted by molar-refractivity contribution is 7.09. The second-order valence-electron chi connectivity index (χ2n) is 4.08. The van der Waals surface area contributed by atoms with Crippen LogP contribution in [0, 0.1) is 0 Å². The van der Waals surface area contributed by atoms with Crippen molar-refractivity contribution < 1.29 is 4.74 Å². The lowest BCUT2D eigenvalue weighted by Crippen LogP contribution is -2.27. The monoisotopic (exact) mass is 226 g/mol. The van der Waals surface area contributed by atoms with Crippen LogP contribution in [0.3, 0.4) is 0 Å². The maximum Gasteiger partial charge on any atom is 0.0928 e. The second-order valence-corrected chi connectivity index (χ2v) is 5.02. The average molecular weight is 226 g/mol. The van der Waals surface area contributed by atoms with Crippen LogP contribution >= 0.6 is 11.3 Å². The van der Waals surface area contributed by atoms with Crippen LogP contribution in [0.2, 0.25) is 0 Å². The number of nitrogens with zero attached hydrogens (tertiary/aromatic N) is 1. The Hall–Kier alpha value is -0.450. The molecule has 2 N–H and O–H groups in total. The van der Waals surface area contributed by atoms with Crippen molar-refractivity contribution in [3.63, 3.8) is 0 Å². The molecule has 4 heteroatoms. The van der Waals surface area contributed by atoms with Gasteiger partial charge in [0.2, 0.25) is 0 Å². The Bertz CT molecular complexity index is 313. The van der Waals surface area contributed by atoms with Gasteiger partial charge < -0.3 is 10.5 Å². The average Bonchev–Trinajstić information content (AvgIpc) is 2.83. The summed E-state index contributed by atoms with van der Waals surface area (Å²) in [5.74, 6) is 0.316. The van der Waals surface area contributed by atoms with Crippen LogP contribution in [0.1, 0.15) is 36.4 Å². The Balaban J connectivity index is 1.99. The minimum Gasteiger partial charge on any atom is -0.379 e. The summed E-state index contributed by atoms with van der Waals surface area (Å²) in [6.45, 7) is 3.61. The summed E-state index contributed by atoms with van der Waals surface area (Å²) < 4.78 is 5.35. The molecule has 2 unspecified atom stereocenters. The van der Waals surface area contributed by atoms with Crippen LogP contribution in [-0.4, -0.2) is 24.2 Å². The minimum absolute atomic E-state index is 0.131. The molecule has 1 aliphatic rings. The van der Waals surface area contributed by atoms with Gasteiger partial charge in [0.05, 0.1) is 23.9 Å². The van der Waals surface area contributed by atoms with Gasteiger partial charge in [0, 0.05) is 17.3 Å². The third kappa shape index (κ3) is 2.56. The minimum atomic E-state index is 0.131. The lowest BCUT2D eigenvalue weighted by molar-refractivity contribution is 0.190. The number of nitrogens with two attached hydrogens (primary N) is 1. The first-order chi connectivity index (χ1) is 7.31. The van der Waals surface area contributed by atoms with E-state index < -0.39 is 0 Å². The van der Waals surface area contributed by atoms with Crippen LogP contribution in [0.25, 0.3) is 0 Å². The lowest BCUT2D eigenvalue weighted by atomic mass is 10.0. The highest BCUT2D eigenvalue weighted by Crippen LogP contribution is 2.26. The predicted molar refractivity (Wildman–Crippen MR) is 62.3 cm³/mol. The Kier molecular flexibility index (Phi) is 3.72. The summed E-state index contributed by atoms with van der Waals surface area (Å²) in [5, 5.41) is 3.38. The number of hydrogen-bond acceptors (Lipinski definition) is 4. The van der Waals surface area contributed by atoms with Gasteiger partial charge in [-0.2, -0.15) is 0 Å². The summed E-state index contributed by atoms with van der Waals surface area (Å²) in [4.78, 5) is 4.64. The molecule has 0 aliphatic carbocycles. The van der Waals surface area contributed by atoms with Gasteiger partial charge in [-0.3, -0.25) is 0 Å². The molecule has 0 spiro atoms. The number of unbranched alkanes of at least 4 members (excludes halogenated alkanes) is 1. The van der Waals surface area contributed by atoms with Crippen molar-refractivity contribution >= 4 is 11.3 Å². The summed E-state index contributed by atoms with van der Waals surface area (Å²) in [6, 6.07) is 0.131. The number of hydrogen-bond donors (Lipinski definition) is 1. The molecule has 3 nitrogen and oxygen atoms in total. The van der Waals surface area contributed by atoms with Crippen molar-refractivity contribution in [1.82, 2.24) is 4.98 Å². The van der Waals surface area contributed by atoms with E-state index in [0.29, 0.717) is 12.5 Å². The van der Waals surface area contributed by atoms with Gasteiger partial charge in [-0.25, -0.2) is 4.98 Å². The molecule has 2 rings (SSSR count). The quantitative estimate of drug-likeness (QED) is 0.853. The first-order valence-corrected chi connectivity index (χ1v) is 6.47. The maximum absolute atomic E-state index is 5.96. The van der Waals surface area contributed by atoms with Crippen molar-refractivity contribution in [2.24, 2.45) is 5.73 Å². The number of aryl methyl sites for hydroxylation is 1. The Labute approximate surface area is 94.7 Å². The van der Waals surface area contributed by atoms with Crippen molar-refractivity contribution in [1.29, 1.82) is 0 Å². The van der Waals surface area contributed by atoms with Crippen molar-refractivity contribution in [3.05, 3.63) is 16.1 Å². The molecule has 1 aliphatic heterocycles. The summed E-state index contributed by atoms with van der Waals surface area (Å²) in [7, 11) is 0. The van der Waals surface area contributed by atoms with E-state index >= 15 is 0 Å². The molecule has 1 fully saturated rings. The van der Waals surface area contributed by atoms with Gasteiger partial charge in [-0.15, -0.1) is 11.3 Å². The Morgan fingerprint density at radius 3 is 3.13 bits per heavy atom. The smallest absolute Gasteiger partial charge is 0.0928 e. The first kappa shape index (κ1) is 11.0. The largest absolute Gasteiger partial charge is 0.379 e. The molecule has 0 saturated carbocycles. The van der Waals surface area contributed by atoms with E-state index in [1.54, 1.807) is 11.3 Å². The standard InChI is InChI=1S/C11H18N2OS/c1-2-3-4-11-13-10(7-15-11)8-5-14-6-9(8)12/h7-9H,2-6,12H2,1H3. The van der Waals surface area contributed by atoms with Gasteiger partial charge in [-0.05, 0) is 12.8 Å². The lowest BCUT2D eigenvalue weighted by Gasteiger charge is -2.09. The fourth-order valence-corrected chi connectivity index (χ4v) is 2.72. The fourth-order valence-electron chi connectivity index (χ4n) is 1.81. The van der Waals surface area contributed by atoms with E-state index in [4.69, 9.17) is 10.5 Å². The third-order valence-electron chi connectivity index (χ3n) is 2.82. The molecular formula is C11H18N2OS. The fraction of sp³-hybridized carbons (Fsp3) is 0.727. The molecule has 1 aromatic rings. The maximum atomic E-state index is 5.96. The van der Waals surface area contributed by atoms with E-state index in [2.05, 4.69) is 17.3 Å². The third-order valence-corrected chi connectivity index (χ3v) is 3.74. The van der Waals surface area contributed by atoms with Gasteiger partial charge in [0.1, 0.15) is 0 Å². The molecule has 15 heavy (non-hydrogen) atoms. The zero-order chi connectivity index (χ0) is 10.7. The molecule has 0 radical (unpaired) electrons. The van der Waals surface area contributed by atoms with Gasteiger partial charge >= 0.3 is 0 Å². The first-order valence-electron chi connectivity index (χ1n) is 5.59. The predicted octanol–water partition coefficient (Wildman–Crippen LogP) is 1.93. The van der Waals surface area contributed by atoms with Gasteiger partial charge in [0.15, 0.2) is 0 Å². The second kappa shape index (κ2) is 5.05. The number of aromatic nitrogens is 1. The molecular weight excluding hydrogens is 208 g/mol. The van der Waals surface area contributed by atoms with Crippen molar-refractivity contribution in [2.75, 3.05) is 13.2 Å². The van der Waals surface area contributed by atoms with Gasteiger partial charge in [0.25, 0.3) is 0 Å². The molecule has 84 valence electrons. The summed E-state index contributed by atoms with van der Waals surface area (Å²) in [6.07, 6.45) is 3.55. The molecule has 1 saturated heterocycles. The Morgan fingerprint density at radius 1 is 1.60 bits per heavy atom. The van der Waals surface area contributed by atoms with Crippen LogP contribution in [0.5, 0.6) is 0 Å².